The Kier molecular flexibility index (Phi) is 5.72. The predicted octanol–water partition coefficient (Wildman–Crippen LogP) is 0.829. The van der Waals surface area contributed by atoms with Crippen LogP contribution in [0.15, 0.2) is 6.07 Å². The van der Waals surface area contributed by atoms with Crippen LogP contribution in [0.3, 0.4) is 0 Å². The van der Waals surface area contributed by atoms with Crippen molar-refractivity contribution in [3.63, 3.8) is 0 Å². The highest BCUT2D eigenvalue weighted by Crippen LogP contribution is 2.26. The van der Waals surface area contributed by atoms with Crippen LogP contribution in [0.5, 0.6) is 0 Å². The molecule has 7 nitrogen and oxygen atoms in total. The summed E-state index contributed by atoms with van der Waals surface area (Å²) >= 11 is 0. The molecular weight excluding hydrogens is 268 g/mol. The molecule has 0 aromatic carbocycles. The average molecular weight is 294 g/mol. The summed E-state index contributed by atoms with van der Waals surface area (Å²) in [7, 11) is 4.20. The Hall–Kier alpha value is -1.44. The molecule has 1 fully saturated rings. The van der Waals surface area contributed by atoms with Gasteiger partial charge < -0.3 is 20.0 Å². The summed E-state index contributed by atoms with van der Waals surface area (Å²) in [6, 6.07) is 2.39. The van der Waals surface area contributed by atoms with Crippen molar-refractivity contribution in [2.75, 3.05) is 44.1 Å². The number of nitrogens with zero attached hydrogens (tertiary/aromatic N) is 4. The number of hydrogen-bond donors (Lipinski definition) is 2. The Bertz CT molecular complexity index is 453. The topological polar surface area (TPSA) is 79.5 Å². The molecule has 0 amide bonds. The number of anilines is 2. The molecule has 0 saturated carbocycles. The fraction of sp³-hybridized carbons (Fsp3) is 0.714. The minimum absolute atomic E-state index is 0.408. The predicted molar refractivity (Wildman–Crippen MR) is 84.1 cm³/mol. The van der Waals surface area contributed by atoms with E-state index in [1.54, 1.807) is 0 Å². The summed E-state index contributed by atoms with van der Waals surface area (Å²) in [5, 5.41) is 0. The second-order valence-electron chi connectivity index (χ2n) is 5.56. The molecule has 1 unspecified atom stereocenters. The van der Waals surface area contributed by atoms with Gasteiger partial charge in [-0.05, 0) is 33.9 Å². The lowest BCUT2D eigenvalue weighted by Gasteiger charge is -2.28. The van der Waals surface area contributed by atoms with E-state index in [9.17, 15) is 0 Å². The third-order valence-corrected chi connectivity index (χ3v) is 3.59. The van der Waals surface area contributed by atoms with Crippen LogP contribution in [0.25, 0.3) is 0 Å². The molecule has 2 rings (SSSR count). The molecule has 0 bridgehead atoms. The van der Waals surface area contributed by atoms with Crippen molar-refractivity contribution in [1.82, 2.24) is 14.9 Å². The summed E-state index contributed by atoms with van der Waals surface area (Å²) in [5.74, 6) is 7.74. The zero-order valence-electron chi connectivity index (χ0n) is 13.2. The number of hydrogen-bond acceptors (Lipinski definition) is 7. The van der Waals surface area contributed by atoms with Crippen LogP contribution in [-0.2, 0) is 11.3 Å². The summed E-state index contributed by atoms with van der Waals surface area (Å²) in [6.07, 6.45) is 2.38. The first-order valence-corrected chi connectivity index (χ1v) is 7.47. The van der Waals surface area contributed by atoms with Crippen LogP contribution in [0.2, 0.25) is 0 Å². The number of rotatable bonds is 7. The maximum atomic E-state index is 5.52. The van der Waals surface area contributed by atoms with E-state index in [1.165, 1.54) is 12.8 Å². The number of nitrogen functional groups attached to an aromatic ring is 1. The van der Waals surface area contributed by atoms with Gasteiger partial charge in [0.05, 0.1) is 0 Å². The minimum Gasteiger partial charge on any atom is -0.374 e. The lowest BCUT2D eigenvalue weighted by Crippen LogP contribution is -2.38. The van der Waals surface area contributed by atoms with Crippen molar-refractivity contribution < 1.29 is 4.74 Å². The monoisotopic (exact) mass is 294 g/mol. The number of nitrogens with one attached hydrogen (secondary N) is 1. The van der Waals surface area contributed by atoms with Crippen LogP contribution >= 0.6 is 0 Å². The van der Waals surface area contributed by atoms with Crippen molar-refractivity contribution in [1.29, 1.82) is 0 Å². The van der Waals surface area contributed by atoms with E-state index < -0.39 is 0 Å². The number of aromatic nitrogens is 2. The normalized spacial score (nSPS) is 18.5. The maximum absolute atomic E-state index is 5.52. The van der Waals surface area contributed by atoms with Crippen molar-refractivity contribution in [2.45, 2.75) is 32.4 Å². The molecule has 2 heterocycles. The summed E-state index contributed by atoms with van der Waals surface area (Å²) in [5.41, 5.74) is 2.62. The van der Waals surface area contributed by atoms with Crippen LogP contribution in [0.1, 0.15) is 25.6 Å². The highest BCUT2D eigenvalue weighted by Gasteiger charge is 2.26. The van der Waals surface area contributed by atoms with Crippen LogP contribution in [-0.4, -0.2) is 54.7 Å². The molecule has 1 aliphatic heterocycles. The highest BCUT2D eigenvalue weighted by molar-refractivity contribution is 5.50. The van der Waals surface area contributed by atoms with Crippen LogP contribution < -0.4 is 16.2 Å². The molecule has 0 radical (unpaired) electrons. The van der Waals surface area contributed by atoms with Gasteiger partial charge in [0.1, 0.15) is 18.2 Å². The first-order chi connectivity index (χ1) is 10.1. The van der Waals surface area contributed by atoms with E-state index in [2.05, 4.69) is 39.3 Å². The maximum Gasteiger partial charge on any atom is 0.158 e. The quantitative estimate of drug-likeness (QED) is 0.569. The first kappa shape index (κ1) is 15.9. The molecule has 1 saturated heterocycles. The molecule has 1 aromatic heterocycles. The molecule has 118 valence electrons. The van der Waals surface area contributed by atoms with E-state index in [-0.39, 0.29) is 0 Å². The fourth-order valence-electron chi connectivity index (χ4n) is 2.71. The molecule has 21 heavy (non-hydrogen) atoms. The van der Waals surface area contributed by atoms with Crippen molar-refractivity contribution in [3.8, 4) is 0 Å². The van der Waals surface area contributed by atoms with Crippen LogP contribution in [0.4, 0.5) is 11.6 Å². The smallest absolute Gasteiger partial charge is 0.158 e. The van der Waals surface area contributed by atoms with Crippen molar-refractivity contribution in [3.05, 3.63) is 11.9 Å². The third-order valence-electron chi connectivity index (χ3n) is 3.59. The minimum atomic E-state index is 0.408. The second kappa shape index (κ2) is 7.53. The SMILES string of the molecule is CCOCc1nc(NN)cc(N2CCCC2CN(C)C)n1. The zero-order valence-corrected chi connectivity index (χ0v) is 13.2. The van der Waals surface area contributed by atoms with Gasteiger partial charge in [-0.1, -0.05) is 0 Å². The Labute approximate surface area is 126 Å². The van der Waals surface area contributed by atoms with Gasteiger partial charge in [-0.25, -0.2) is 15.8 Å². The van der Waals surface area contributed by atoms with E-state index in [0.29, 0.717) is 30.9 Å². The van der Waals surface area contributed by atoms with Gasteiger partial charge in [0.15, 0.2) is 5.82 Å². The van der Waals surface area contributed by atoms with Gasteiger partial charge in [-0.2, -0.15) is 0 Å². The van der Waals surface area contributed by atoms with Gasteiger partial charge in [-0.3, -0.25) is 0 Å². The lowest BCUT2D eigenvalue weighted by atomic mass is 10.2. The second-order valence-corrected chi connectivity index (χ2v) is 5.56. The largest absolute Gasteiger partial charge is 0.374 e. The van der Waals surface area contributed by atoms with E-state index in [0.717, 1.165) is 18.9 Å². The molecular formula is C14H26N6O. The number of likely N-dealkylation sites (N-methyl/N-ethyl adjacent to an activating group) is 1. The Balaban J connectivity index is 2.20. The van der Waals surface area contributed by atoms with Gasteiger partial charge in [0, 0.05) is 31.8 Å². The fourth-order valence-corrected chi connectivity index (χ4v) is 2.71. The summed E-state index contributed by atoms with van der Waals surface area (Å²) < 4.78 is 5.41. The molecule has 0 aliphatic carbocycles. The number of hydrazine groups is 1. The molecule has 3 N–H and O–H groups in total. The van der Waals surface area contributed by atoms with Crippen LogP contribution in [0, 0.1) is 0 Å². The standard InChI is InChI=1S/C14H26N6O/c1-4-21-10-13-16-12(18-15)8-14(17-13)20-7-5-6-11(20)9-19(2)3/h8,11H,4-7,9-10,15H2,1-3H3,(H,16,17,18). The molecule has 1 aliphatic rings. The number of ether oxygens (including phenoxy) is 1. The average Bonchev–Trinajstić information content (AvgIpc) is 2.92. The molecule has 0 spiro atoms. The lowest BCUT2D eigenvalue weighted by molar-refractivity contribution is 0.128. The van der Waals surface area contributed by atoms with Gasteiger partial charge in [0.2, 0.25) is 0 Å². The molecule has 1 aromatic rings. The van der Waals surface area contributed by atoms with Gasteiger partial charge in [0.25, 0.3) is 0 Å². The Morgan fingerprint density at radius 1 is 1.48 bits per heavy atom. The summed E-state index contributed by atoms with van der Waals surface area (Å²) in [6.45, 7) is 5.06. The first-order valence-electron chi connectivity index (χ1n) is 7.47. The van der Waals surface area contributed by atoms with Crippen molar-refractivity contribution in [2.24, 2.45) is 5.84 Å². The zero-order chi connectivity index (χ0) is 15.2. The molecule has 1 atom stereocenters. The van der Waals surface area contributed by atoms with Crippen molar-refractivity contribution >= 4 is 11.6 Å². The van der Waals surface area contributed by atoms with E-state index >= 15 is 0 Å². The third kappa shape index (κ3) is 4.26. The Morgan fingerprint density at radius 3 is 2.95 bits per heavy atom. The number of nitrogens with two attached hydrogens (primary N) is 1. The molecule has 7 heteroatoms. The van der Waals surface area contributed by atoms with E-state index in [4.69, 9.17) is 10.6 Å². The highest BCUT2D eigenvalue weighted by atomic mass is 16.5. The Morgan fingerprint density at radius 2 is 2.29 bits per heavy atom. The van der Waals surface area contributed by atoms with Gasteiger partial charge in [-0.15, -0.1) is 0 Å². The summed E-state index contributed by atoms with van der Waals surface area (Å²) in [4.78, 5) is 13.5. The van der Waals surface area contributed by atoms with Gasteiger partial charge >= 0.3 is 0 Å². The van der Waals surface area contributed by atoms with E-state index in [1.807, 2.05) is 13.0 Å².